The van der Waals surface area contributed by atoms with Gasteiger partial charge in [0.2, 0.25) is 5.91 Å². The predicted octanol–water partition coefficient (Wildman–Crippen LogP) is 6.21. The van der Waals surface area contributed by atoms with Crippen molar-refractivity contribution in [1.82, 2.24) is 15.0 Å². The second-order valence-electron chi connectivity index (χ2n) is 11.5. The normalized spacial score (nSPS) is 19.8. The quantitative estimate of drug-likeness (QED) is 0.364. The number of rotatable bonds is 7. The maximum absolute atomic E-state index is 13.1. The number of ether oxygens (including phenoxy) is 1. The second-order valence-corrected chi connectivity index (χ2v) is 11.5. The molecule has 204 valence electrons. The van der Waals surface area contributed by atoms with Crippen LogP contribution in [0.2, 0.25) is 0 Å². The van der Waals surface area contributed by atoms with Crippen molar-refractivity contribution < 1.29 is 14.1 Å². The lowest BCUT2D eigenvalue weighted by Gasteiger charge is -2.30. The van der Waals surface area contributed by atoms with Gasteiger partial charge in [-0.25, -0.2) is 0 Å². The van der Waals surface area contributed by atoms with Gasteiger partial charge in [-0.2, -0.15) is 4.98 Å². The first-order chi connectivity index (χ1) is 19.0. The highest BCUT2D eigenvalue weighted by molar-refractivity contribution is 5.81. The predicted molar refractivity (Wildman–Crippen MR) is 151 cm³/mol. The molecular formula is C32H38N4O3. The molecule has 39 heavy (non-hydrogen) atoms. The van der Waals surface area contributed by atoms with Crippen molar-refractivity contribution in [1.29, 1.82) is 0 Å². The Morgan fingerprint density at radius 2 is 1.74 bits per heavy atom. The number of aromatic nitrogens is 2. The highest BCUT2D eigenvalue weighted by Gasteiger charge is 2.30. The van der Waals surface area contributed by atoms with E-state index < -0.39 is 0 Å². The van der Waals surface area contributed by atoms with Gasteiger partial charge in [0.1, 0.15) is 5.75 Å². The number of fused-ring (bicyclic) bond motifs is 1. The van der Waals surface area contributed by atoms with Gasteiger partial charge in [0.15, 0.2) is 5.82 Å². The van der Waals surface area contributed by atoms with Gasteiger partial charge in [0, 0.05) is 38.0 Å². The molecule has 1 amide bonds. The number of piperidine rings is 1. The standard InChI is InChI=1S/C32H38N4O3/c1-22(2)30-33-32(39-34-30)35-17-15-23(16-18-35)21-38-29-13-11-25(12-14-29)24-7-9-26(10-8-24)31(37)36-19-27-5-3-4-6-28(27)20-36/h3-7,11-14,22-23,26H,8-10,15-21H2,1-2H3. The Morgan fingerprint density at radius 1 is 1.03 bits per heavy atom. The van der Waals surface area contributed by atoms with E-state index in [1.54, 1.807) is 0 Å². The van der Waals surface area contributed by atoms with Gasteiger partial charge in [-0.3, -0.25) is 4.79 Å². The van der Waals surface area contributed by atoms with E-state index in [2.05, 4.69) is 83.5 Å². The largest absolute Gasteiger partial charge is 0.493 e. The van der Waals surface area contributed by atoms with Crippen LogP contribution in [0.3, 0.4) is 0 Å². The SMILES string of the molecule is CC(C)c1noc(N2CCC(COc3ccc(C4=CCC(C(=O)N5Cc6ccccc6C5)CC4)cc3)CC2)n1. The highest BCUT2D eigenvalue weighted by Crippen LogP contribution is 2.34. The third-order valence-corrected chi connectivity index (χ3v) is 8.46. The van der Waals surface area contributed by atoms with E-state index in [0.29, 0.717) is 17.8 Å². The van der Waals surface area contributed by atoms with E-state index in [4.69, 9.17) is 9.26 Å². The lowest BCUT2D eigenvalue weighted by atomic mass is 9.86. The van der Waals surface area contributed by atoms with E-state index in [1.165, 1.54) is 22.3 Å². The maximum Gasteiger partial charge on any atom is 0.324 e. The summed E-state index contributed by atoms with van der Waals surface area (Å²) in [7, 11) is 0. The molecule has 6 rings (SSSR count). The lowest BCUT2D eigenvalue weighted by Crippen LogP contribution is -2.35. The summed E-state index contributed by atoms with van der Waals surface area (Å²) in [6.07, 6.45) is 7.04. The van der Waals surface area contributed by atoms with E-state index in [9.17, 15) is 4.79 Å². The Labute approximate surface area is 230 Å². The van der Waals surface area contributed by atoms with Crippen LogP contribution in [0.5, 0.6) is 5.75 Å². The molecule has 0 radical (unpaired) electrons. The third kappa shape index (κ3) is 5.72. The molecule has 1 atom stereocenters. The van der Waals surface area contributed by atoms with Gasteiger partial charge in [-0.15, -0.1) is 0 Å². The van der Waals surface area contributed by atoms with Gasteiger partial charge in [-0.1, -0.05) is 61.5 Å². The van der Waals surface area contributed by atoms with Gasteiger partial charge >= 0.3 is 6.01 Å². The summed E-state index contributed by atoms with van der Waals surface area (Å²) in [4.78, 5) is 21.9. The van der Waals surface area contributed by atoms with Crippen LogP contribution in [0.1, 0.15) is 74.4 Å². The Hall–Kier alpha value is -3.61. The Bertz CT molecular complexity index is 1300. The molecule has 1 aromatic heterocycles. The minimum atomic E-state index is 0.0918. The molecule has 1 saturated heterocycles. The summed E-state index contributed by atoms with van der Waals surface area (Å²) in [5, 5.41) is 4.09. The van der Waals surface area contributed by atoms with Crippen molar-refractivity contribution >= 4 is 17.5 Å². The highest BCUT2D eigenvalue weighted by atomic mass is 16.5. The summed E-state index contributed by atoms with van der Waals surface area (Å²) in [5.41, 5.74) is 5.14. The molecule has 3 aliphatic rings. The van der Waals surface area contributed by atoms with Crippen molar-refractivity contribution in [3.8, 4) is 5.75 Å². The van der Waals surface area contributed by atoms with E-state index in [1.807, 2.05) is 4.90 Å². The molecule has 1 unspecified atom stereocenters. The molecule has 3 heterocycles. The lowest BCUT2D eigenvalue weighted by molar-refractivity contribution is -0.136. The second kappa shape index (κ2) is 11.2. The zero-order valence-corrected chi connectivity index (χ0v) is 23.0. The summed E-state index contributed by atoms with van der Waals surface area (Å²) in [5.74, 6) is 2.87. The number of allylic oxidation sites excluding steroid dienone is 2. The van der Waals surface area contributed by atoms with E-state index >= 15 is 0 Å². The molecule has 0 bridgehead atoms. The summed E-state index contributed by atoms with van der Waals surface area (Å²) in [6.45, 7) is 8.19. The smallest absolute Gasteiger partial charge is 0.324 e. The zero-order valence-electron chi connectivity index (χ0n) is 23.0. The van der Waals surface area contributed by atoms with Crippen molar-refractivity contribution in [3.63, 3.8) is 0 Å². The zero-order chi connectivity index (χ0) is 26.8. The summed E-state index contributed by atoms with van der Waals surface area (Å²) < 4.78 is 11.6. The first-order valence-corrected chi connectivity index (χ1v) is 14.4. The Balaban J connectivity index is 0.957. The average Bonchev–Trinajstić information content (AvgIpc) is 3.65. The number of hydrogen-bond acceptors (Lipinski definition) is 6. The van der Waals surface area contributed by atoms with Crippen LogP contribution in [-0.2, 0) is 17.9 Å². The molecule has 3 aromatic rings. The number of carbonyl (C=O) groups is 1. The molecule has 0 N–H and O–H groups in total. The fourth-order valence-corrected chi connectivity index (χ4v) is 5.93. The molecule has 2 aliphatic heterocycles. The third-order valence-electron chi connectivity index (χ3n) is 8.46. The van der Waals surface area contributed by atoms with Gasteiger partial charge in [0.05, 0.1) is 6.61 Å². The van der Waals surface area contributed by atoms with Gasteiger partial charge in [-0.05, 0) is 72.4 Å². The minimum absolute atomic E-state index is 0.0918. The molecule has 1 fully saturated rings. The maximum atomic E-state index is 13.1. The number of benzene rings is 2. The molecule has 2 aromatic carbocycles. The molecule has 0 spiro atoms. The molecule has 1 aliphatic carbocycles. The first kappa shape index (κ1) is 25.7. The fourth-order valence-electron chi connectivity index (χ4n) is 5.93. The Kier molecular flexibility index (Phi) is 7.40. The number of hydrogen-bond donors (Lipinski definition) is 0. The van der Waals surface area contributed by atoms with Crippen LogP contribution < -0.4 is 9.64 Å². The van der Waals surface area contributed by atoms with Crippen molar-refractivity contribution in [2.45, 2.75) is 65.0 Å². The van der Waals surface area contributed by atoms with Crippen LogP contribution in [-0.4, -0.2) is 40.6 Å². The molecule has 0 saturated carbocycles. The summed E-state index contributed by atoms with van der Waals surface area (Å²) >= 11 is 0. The topological polar surface area (TPSA) is 71.7 Å². The minimum Gasteiger partial charge on any atom is -0.493 e. The fraction of sp³-hybridized carbons (Fsp3) is 0.469. The van der Waals surface area contributed by atoms with Crippen LogP contribution in [0.15, 0.2) is 59.1 Å². The van der Waals surface area contributed by atoms with Crippen LogP contribution in [0, 0.1) is 11.8 Å². The number of amides is 1. The van der Waals surface area contributed by atoms with Crippen LogP contribution >= 0.6 is 0 Å². The summed E-state index contributed by atoms with van der Waals surface area (Å²) in [6, 6.07) is 17.5. The van der Waals surface area contributed by atoms with Crippen molar-refractivity contribution in [2.75, 3.05) is 24.6 Å². The first-order valence-electron chi connectivity index (χ1n) is 14.4. The Morgan fingerprint density at radius 3 is 2.36 bits per heavy atom. The van der Waals surface area contributed by atoms with Gasteiger partial charge in [0.25, 0.3) is 0 Å². The van der Waals surface area contributed by atoms with Crippen LogP contribution in [0.25, 0.3) is 5.57 Å². The monoisotopic (exact) mass is 526 g/mol. The molecular weight excluding hydrogens is 488 g/mol. The number of carbonyl (C=O) groups excluding carboxylic acids is 1. The number of anilines is 1. The van der Waals surface area contributed by atoms with Crippen molar-refractivity contribution in [2.24, 2.45) is 11.8 Å². The number of nitrogens with zero attached hydrogens (tertiary/aromatic N) is 4. The average molecular weight is 527 g/mol. The van der Waals surface area contributed by atoms with E-state index in [-0.39, 0.29) is 11.8 Å². The molecule has 7 heteroatoms. The molecule has 7 nitrogen and oxygen atoms in total. The van der Waals surface area contributed by atoms with Gasteiger partial charge < -0.3 is 19.1 Å². The van der Waals surface area contributed by atoms with Crippen molar-refractivity contribution in [3.05, 3.63) is 77.1 Å². The van der Waals surface area contributed by atoms with Crippen LogP contribution in [0.4, 0.5) is 6.01 Å². The van der Waals surface area contributed by atoms with E-state index in [0.717, 1.165) is 76.5 Å².